The molecule has 3 aromatic rings. The van der Waals surface area contributed by atoms with Gasteiger partial charge in [0, 0.05) is 27.8 Å². The van der Waals surface area contributed by atoms with E-state index in [2.05, 4.69) is 20.9 Å². The second-order valence-corrected chi connectivity index (χ2v) is 6.52. The minimum atomic E-state index is -1.26. The third-order valence-electron chi connectivity index (χ3n) is 4.65. The first-order valence-corrected chi connectivity index (χ1v) is 8.89. The molecule has 1 aliphatic carbocycles. The van der Waals surface area contributed by atoms with Crippen LogP contribution in [0.2, 0.25) is 0 Å². The molecule has 1 heterocycles. The zero-order chi connectivity index (χ0) is 21.3. The number of benzene rings is 2. The topological polar surface area (TPSA) is 143 Å². The van der Waals surface area contributed by atoms with Crippen molar-refractivity contribution in [3.8, 4) is 0 Å². The van der Waals surface area contributed by atoms with Gasteiger partial charge in [0.05, 0.1) is 6.61 Å². The Bertz CT molecular complexity index is 1170. The molecule has 0 unspecified atom stereocenters. The highest BCUT2D eigenvalue weighted by molar-refractivity contribution is 6.28. The fourth-order valence-electron chi connectivity index (χ4n) is 3.14. The van der Waals surface area contributed by atoms with Crippen LogP contribution in [-0.2, 0) is 4.79 Å². The molecular formula is C20H15N5O5. The van der Waals surface area contributed by atoms with E-state index in [9.17, 15) is 24.3 Å². The highest BCUT2D eigenvalue weighted by Crippen LogP contribution is 2.27. The molecule has 0 saturated heterocycles. The van der Waals surface area contributed by atoms with Gasteiger partial charge in [-0.05, 0) is 18.2 Å². The number of nitrogens with one attached hydrogen (secondary N) is 2. The zero-order valence-corrected chi connectivity index (χ0v) is 15.4. The Morgan fingerprint density at radius 2 is 1.53 bits per heavy atom. The van der Waals surface area contributed by atoms with Crippen molar-refractivity contribution in [2.24, 2.45) is 0 Å². The van der Waals surface area contributed by atoms with Crippen LogP contribution >= 0.6 is 0 Å². The minimum Gasteiger partial charge on any atom is -0.394 e. The van der Waals surface area contributed by atoms with Gasteiger partial charge in [-0.25, -0.2) is 4.68 Å². The fourth-order valence-corrected chi connectivity index (χ4v) is 3.14. The van der Waals surface area contributed by atoms with Crippen molar-refractivity contribution in [1.82, 2.24) is 20.2 Å². The standard InChI is InChI=1S/C20H15N5O5/c26-8-16(20(30)24-25-9-21-22-10-25)23-19(29)11-5-6-14-15(7-11)18(28)13-4-2-1-3-12(13)17(14)27/h1-7,9-10,16,26H,8H2,(H,23,29)(H,24,30)/t16-/m0/s1. The van der Waals surface area contributed by atoms with Crippen molar-refractivity contribution in [2.45, 2.75) is 6.04 Å². The quantitative estimate of drug-likeness (QED) is 0.421. The molecule has 0 fully saturated rings. The Hall–Kier alpha value is -4.18. The van der Waals surface area contributed by atoms with Gasteiger partial charge < -0.3 is 10.4 Å². The van der Waals surface area contributed by atoms with Crippen LogP contribution in [0, 0.1) is 0 Å². The smallest absolute Gasteiger partial charge is 0.263 e. The predicted molar refractivity (Wildman–Crippen MR) is 102 cm³/mol. The van der Waals surface area contributed by atoms with Gasteiger partial charge in [-0.2, -0.15) is 0 Å². The fraction of sp³-hybridized carbons (Fsp3) is 0.100. The molecule has 10 nitrogen and oxygen atoms in total. The minimum absolute atomic E-state index is 0.0739. The molecule has 4 rings (SSSR count). The molecule has 1 aromatic heterocycles. The van der Waals surface area contributed by atoms with E-state index in [0.717, 1.165) is 4.68 Å². The van der Waals surface area contributed by atoms with Crippen LogP contribution in [0.5, 0.6) is 0 Å². The number of rotatable bonds is 5. The molecule has 0 aliphatic heterocycles. The molecule has 2 amide bonds. The molecule has 1 atom stereocenters. The van der Waals surface area contributed by atoms with E-state index in [1.807, 2.05) is 0 Å². The van der Waals surface area contributed by atoms with Gasteiger partial charge >= 0.3 is 0 Å². The SMILES string of the molecule is O=C(N[C@@H](CO)C(=O)Nn1cnnc1)c1ccc2c(c1)C(=O)c1ccccc1C2=O. The van der Waals surface area contributed by atoms with Gasteiger partial charge in [0.1, 0.15) is 18.7 Å². The number of aromatic nitrogens is 3. The number of hydrogen-bond donors (Lipinski definition) is 3. The van der Waals surface area contributed by atoms with Crippen molar-refractivity contribution < 1.29 is 24.3 Å². The van der Waals surface area contributed by atoms with Gasteiger partial charge in [-0.3, -0.25) is 24.6 Å². The average Bonchev–Trinajstić information content (AvgIpc) is 3.28. The summed E-state index contributed by atoms with van der Waals surface area (Å²) in [5.41, 5.74) is 3.37. The van der Waals surface area contributed by atoms with Gasteiger partial charge in [0.2, 0.25) is 0 Å². The molecular weight excluding hydrogens is 390 g/mol. The first kappa shape index (κ1) is 19.2. The van der Waals surface area contributed by atoms with E-state index in [-0.39, 0.29) is 33.8 Å². The highest BCUT2D eigenvalue weighted by atomic mass is 16.3. The summed E-state index contributed by atoms with van der Waals surface area (Å²) in [4.78, 5) is 50.3. The third-order valence-corrected chi connectivity index (χ3v) is 4.65. The maximum absolute atomic E-state index is 12.8. The summed E-state index contributed by atoms with van der Waals surface area (Å²) < 4.78 is 1.16. The lowest BCUT2D eigenvalue weighted by molar-refractivity contribution is -0.119. The number of carbonyl (C=O) groups is 4. The zero-order valence-electron chi connectivity index (χ0n) is 15.4. The van der Waals surface area contributed by atoms with E-state index < -0.39 is 24.5 Å². The van der Waals surface area contributed by atoms with Crippen molar-refractivity contribution in [3.05, 3.63) is 82.9 Å². The lowest BCUT2D eigenvalue weighted by atomic mass is 9.83. The van der Waals surface area contributed by atoms with Gasteiger partial charge in [0.15, 0.2) is 11.6 Å². The maximum Gasteiger partial charge on any atom is 0.263 e. The van der Waals surface area contributed by atoms with E-state index in [4.69, 9.17) is 0 Å². The molecule has 3 N–H and O–H groups in total. The average molecular weight is 405 g/mol. The molecule has 10 heteroatoms. The van der Waals surface area contributed by atoms with E-state index in [1.54, 1.807) is 24.3 Å². The summed E-state index contributed by atoms with van der Waals surface area (Å²) in [6.07, 6.45) is 2.47. The van der Waals surface area contributed by atoms with Crippen molar-refractivity contribution in [3.63, 3.8) is 0 Å². The molecule has 0 radical (unpaired) electrons. The Morgan fingerprint density at radius 3 is 2.17 bits per heavy atom. The van der Waals surface area contributed by atoms with Crippen LogP contribution in [0.4, 0.5) is 0 Å². The van der Waals surface area contributed by atoms with Gasteiger partial charge in [-0.15, -0.1) is 10.2 Å². The number of aliphatic hydroxyl groups is 1. The number of carbonyl (C=O) groups excluding carboxylic acids is 4. The molecule has 2 aromatic carbocycles. The largest absolute Gasteiger partial charge is 0.394 e. The van der Waals surface area contributed by atoms with Crippen molar-refractivity contribution in [2.75, 3.05) is 12.0 Å². The summed E-state index contributed by atoms with van der Waals surface area (Å²) >= 11 is 0. The number of nitrogens with zero attached hydrogens (tertiary/aromatic N) is 3. The van der Waals surface area contributed by atoms with Crippen LogP contribution in [0.25, 0.3) is 0 Å². The van der Waals surface area contributed by atoms with Gasteiger partial charge in [-0.1, -0.05) is 24.3 Å². The highest BCUT2D eigenvalue weighted by Gasteiger charge is 2.30. The van der Waals surface area contributed by atoms with Gasteiger partial charge in [0.25, 0.3) is 11.8 Å². The Kier molecular flexibility index (Phi) is 4.90. The lowest BCUT2D eigenvalue weighted by Gasteiger charge is -2.19. The molecule has 0 spiro atoms. The van der Waals surface area contributed by atoms with Crippen molar-refractivity contribution >= 4 is 23.4 Å². The van der Waals surface area contributed by atoms with Crippen LogP contribution in [0.1, 0.15) is 42.2 Å². The molecule has 150 valence electrons. The third kappa shape index (κ3) is 3.35. The lowest BCUT2D eigenvalue weighted by Crippen LogP contribution is -2.47. The molecule has 0 saturated carbocycles. The normalized spacial score (nSPS) is 13.2. The number of ketones is 2. The summed E-state index contributed by atoms with van der Waals surface area (Å²) in [5, 5.41) is 18.9. The van der Waals surface area contributed by atoms with Crippen LogP contribution < -0.4 is 10.7 Å². The first-order valence-electron chi connectivity index (χ1n) is 8.89. The predicted octanol–water partition coefficient (Wildman–Crippen LogP) is -0.0855. The monoisotopic (exact) mass is 405 g/mol. The number of fused-ring (bicyclic) bond motifs is 2. The summed E-state index contributed by atoms with van der Waals surface area (Å²) in [6.45, 7) is -0.657. The van der Waals surface area contributed by atoms with Crippen LogP contribution in [0.3, 0.4) is 0 Å². The summed E-state index contributed by atoms with van der Waals surface area (Å²) in [6, 6.07) is 9.33. The summed E-state index contributed by atoms with van der Waals surface area (Å²) in [7, 11) is 0. The Morgan fingerprint density at radius 1 is 0.933 bits per heavy atom. The molecule has 30 heavy (non-hydrogen) atoms. The van der Waals surface area contributed by atoms with Crippen molar-refractivity contribution in [1.29, 1.82) is 0 Å². The molecule has 0 bridgehead atoms. The number of aliphatic hydroxyl groups excluding tert-OH is 1. The second-order valence-electron chi connectivity index (χ2n) is 6.52. The van der Waals surface area contributed by atoms with E-state index >= 15 is 0 Å². The number of amides is 2. The van der Waals surface area contributed by atoms with Crippen LogP contribution in [-0.4, -0.2) is 56.0 Å². The first-order chi connectivity index (χ1) is 14.5. The maximum atomic E-state index is 12.8. The van der Waals surface area contributed by atoms with E-state index in [0.29, 0.717) is 5.56 Å². The second kappa shape index (κ2) is 7.68. The summed E-state index contributed by atoms with van der Waals surface area (Å²) in [5.74, 6) is -2.04. The number of hydrogen-bond acceptors (Lipinski definition) is 7. The Balaban J connectivity index is 1.56. The van der Waals surface area contributed by atoms with E-state index in [1.165, 1.54) is 30.9 Å². The molecule has 1 aliphatic rings. The Labute approximate surface area is 169 Å². The van der Waals surface area contributed by atoms with Crippen LogP contribution in [0.15, 0.2) is 55.1 Å².